The fourth-order valence-electron chi connectivity index (χ4n) is 0.749. The summed E-state index contributed by atoms with van der Waals surface area (Å²) in [6.45, 7) is 11.4. The Morgan fingerprint density at radius 1 is 0.833 bits per heavy atom. The maximum Gasteiger partial charge on any atom is 0.0456 e. The van der Waals surface area contributed by atoms with E-state index in [9.17, 15) is 0 Å². The van der Waals surface area contributed by atoms with E-state index < -0.39 is 0 Å². The van der Waals surface area contributed by atoms with Crippen LogP contribution >= 0.6 is 0 Å². The Kier molecular flexibility index (Phi) is 28.2. The average molecular weight is 264 g/mol. The van der Waals surface area contributed by atoms with Crippen LogP contribution in [-0.4, -0.2) is 35.1 Å². The molecular weight excluding hydrogens is 228 g/mol. The van der Waals surface area contributed by atoms with Crippen LogP contribution in [0.3, 0.4) is 0 Å². The van der Waals surface area contributed by atoms with Gasteiger partial charge in [-0.15, -0.1) is 0 Å². The van der Waals surface area contributed by atoms with E-state index in [0.717, 1.165) is 25.7 Å². The first-order valence-corrected chi connectivity index (χ1v) is 7.32. The molecule has 18 heavy (non-hydrogen) atoms. The summed E-state index contributed by atoms with van der Waals surface area (Å²) in [6, 6.07) is 0. The van der Waals surface area contributed by atoms with E-state index in [0.29, 0.717) is 31.7 Å². The summed E-state index contributed by atoms with van der Waals surface area (Å²) in [5, 5.41) is 24.8. The van der Waals surface area contributed by atoms with Crippen molar-refractivity contribution < 1.29 is 15.3 Å². The summed E-state index contributed by atoms with van der Waals surface area (Å²) in [5.41, 5.74) is 0. The van der Waals surface area contributed by atoms with Gasteiger partial charge < -0.3 is 15.3 Å². The molecule has 3 N–H and O–H groups in total. The molecule has 0 aromatic carbocycles. The molecule has 1 atom stereocenters. The van der Waals surface area contributed by atoms with Crippen molar-refractivity contribution in [2.24, 2.45) is 11.8 Å². The summed E-state index contributed by atoms with van der Waals surface area (Å²) in [6.07, 6.45) is 5.34. The third kappa shape index (κ3) is 36.0. The van der Waals surface area contributed by atoms with E-state index in [4.69, 9.17) is 15.3 Å². The molecule has 0 rings (SSSR count). The van der Waals surface area contributed by atoms with Crippen LogP contribution in [0.25, 0.3) is 0 Å². The first kappa shape index (κ1) is 23.0. The Labute approximate surface area is 114 Å². The van der Waals surface area contributed by atoms with E-state index in [2.05, 4.69) is 27.7 Å². The van der Waals surface area contributed by atoms with Crippen molar-refractivity contribution in [1.82, 2.24) is 0 Å². The summed E-state index contributed by atoms with van der Waals surface area (Å²) in [7, 11) is 0. The zero-order valence-corrected chi connectivity index (χ0v) is 13.2. The summed E-state index contributed by atoms with van der Waals surface area (Å²) >= 11 is 0. The number of rotatable bonds is 7. The van der Waals surface area contributed by atoms with E-state index >= 15 is 0 Å². The Morgan fingerprint density at radius 2 is 1.39 bits per heavy atom. The molecule has 3 heteroatoms. The normalized spacial score (nSPS) is 11.2. The quantitative estimate of drug-likeness (QED) is 0.619. The molecule has 0 radical (unpaired) electrons. The minimum atomic E-state index is 0.330. The van der Waals surface area contributed by atoms with Gasteiger partial charge in [-0.05, 0) is 24.7 Å². The highest BCUT2D eigenvalue weighted by atomic mass is 16.3. The molecule has 0 saturated heterocycles. The van der Waals surface area contributed by atoms with Crippen molar-refractivity contribution >= 4 is 0 Å². The molecule has 3 nitrogen and oxygen atoms in total. The minimum absolute atomic E-state index is 0.330. The highest BCUT2D eigenvalue weighted by Gasteiger charge is 1.90. The number of aliphatic hydroxyl groups is 3. The second kappa shape index (κ2) is 22.1. The maximum atomic E-state index is 8.33. The van der Waals surface area contributed by atoms with Gasteiger partial charge >= 0.3 is 0 Å². The Bertz CT molecular complexity index is 108. The second-order valence-corrected chi connectivity index (χ2v) is 5.03. The zero-order valence-electron chi connectivity index (χ0n) is 13.2. The average Bonchev–Trinajstić information content (AvgIpc) is 2.36. The number of aliphatic hydroxyl groups excluding tert-OH is 3. The van der Waals surface area contributed by atoms with E-state index in [1.165, 1.54) is 6.42 Å². The van der Waals surface area contributed by atoms with Gasteiger partial charge in [0.25, 0.3) is 0 Å². The topological polar surface area (TPSA) is 60.7 Å². The van der Waals surface area contributed by atoms with Gasteiger partial charge in [-0.2, -0.15) is 0 Å². The zero-order chi connectivity index (χ0) is 14.8. The molecule has 0 bridgehead atoms. The van der Waals surface area contributed by atoms with Crippen LogP contribution in [0.1, 0.15) is 66.7 Å². The molecule has 0 aromatic heterocycles. The predicted octanol–water partition coefficient (Wildman–Crippen LogP) is 3.22. The smallest absolute Gasteiger partial charge is 0.0456 e. The van der Waals surface area contributed by atoms with Gasteiger partial charge in [0.05, 0.1) is 0 Å². The molecule has 0 aromatic rings. The van der Waals surface area contributed by atoms with Crippen molar-refractivity contribution in [3.05, 3.63) is 0 Å². The van der Waals surface area contributed by atoms with Gasteiger partial charge in [0, 0.05) is 19.8 Å². The van der Waals surface area contributed by atoms with Crippen LogP contribution in [0.5, 0.6) is 0 Å². The summed E-state index contributed by atoms with van der Waals surface area (Å²) in [5.74, 6) is 1.14. The van der Waals surface area contributed by atoms with Gasteiger partial charge in [0.1, 0.15) is 0 Å². The maximum absolute atomic E-state index is 8.33. The number of unbranched alkanes of at least 4 members (excludes halogenated alkanes) is 2. The molecule has 0 saturated carbocycles. The third-order valence-corrected chi connectivity index (χ3v) is 2.48. The lowest BCUT2D eigenvalue weighted by molar-refractivity contribution is 0.234. The van der Waals surface area contributed by atoms with Crippen LogP contribution in [0.15, 0.2) is 0 Å². The van der Waals surface area contributed by atoms with E-state index in [1.54, 1.807) is 0 Å². The number of hydrogen-bond acceptors (Lipinski definition) is 3. The molecule has 0 aliphatic rings. The van der Waals surface area contributed by atoms with Crippen LogP contribution in [0.2, 0.25) is 0 Å². The fourth-order valence-corrected chi connectivity index (χ4v) is 0.749. The first-order chi connectivity index (χ1) is 8.49. The first-order valence-electron chi connectivity index (χ1n) is 7.32. The highest BCUT2D eigenvalue weighted by Crippen LogP contribution is 1.95. The fraction of sp³-hybridized carbons (Fsp3) is 1.00. The molecule has 0 aliphatic heterocycles. The van der Waals surface area contributed by atoms with Gasteiger partial charge in [0.2, 0.25) is 0 Å². The van der Waals surface area contributed by atoms with Crippen LogP contribution in [-0.2, 0) is 0 Å². The van der Waals surface area contributed by atoms with Gasteiger partial charge in [-0.1, -0.05) is 53.9 Å². The van der Waals surface area contributed by atoms with Crippen LogP contribution in [0.4, 0.5) is 0 Å². The molecular formula is C15H36O3. The lowest BCUT2D eigenvalue weighted by atomic mass is 10.1. The highest BCUT2D eigenvalue weighted by molar-refractivity contribution is 4.41. The Hall–Kier alpha value is -0.120. The van der Waals surface area contributed by atoms with Crippen molar-refractivity contribution in [2.45, 2.75) is 66.7 Å². The molecule has 0 amide bonds. The third-order valence-electron chi connectivity index (χ3n) is 2.48. The SMILES string of the molecule is CC(C)CCO.CCC(C)CO.CCCCCO. The molecule has 0 fully saturated rings. The van der Waals surface area contributed by atoms with Gasteiger partial charge in [0.15, 0.2) is 0 Å². The molecule has 0 aliphatic carbocycles. The Balaban J connectivity index is -0.000000187. The van der Waals surface area contributed by atoms with Crippen molar-refractivity contribution in [3.8, 4) is 0 Å². The Morgan fingerprint density at radius 3 is 1.44 bits per heavy atom. The minimum Gasteiger partial charge on any atom is -0.396 e. The van der Waals surface area contributed by atoms with E-state index in [-0.39, 0.29) is 0 Å². The van der Waals surface area contributed by atoms with Crippen LogP contribution < -0.4 is 0 Å². The standard InChI is InChI=1S/3C5H12O/c1-5(2)3-4-6;1-3-5(2)4-6;1-2-3-4-5-6/h2*5-6H,3-4H2,1-2H3;6H,2-5H2,1H3. The molecule has 0 heterocycles. The number of hydrogen-bond donors (Lipinski definition) is 3. The lowest BCUT2D eigenvalue weighted by Gasteiger charge is -1.98. The molecule has 0 spiro atoms. The van der Waals surface area contributed by atoms with Crippen LogP contribution in [0, 0.1) is 11.8 Å². The summed E-state index contributed by atoms with van der Waals surface area (Å²) in [4.78, 5) is 0. The van der Waals surface area contributed by atoms with Crippen molar-refractivity contribution in [2.75, 3.05) is 19.8 Å². The van der Waals surface area contributed by atoms with E-state index in [1.807, 2.05) is 6.92 Å². The lowest BCUT2D eigenvalue weighted by Crippen LogP contribution is -1.96. The van der Waals surface area contributed by atoms with Crippen molar-refractivity contribution in [3.63, 3.8) is 0 Å². The molecule has 1 unspecified atom stereocenters. The summed E-state index contributed by atoms with van der Waals surface area (Å²) < 4.78 is 0. The van der Waals surface area contributed by atoms with Gasteiger partial charge in [-0.3, -0.25) is 0 Å². The second-order valence-electron chi connectivity index (χ2n) is 5.03. The largest absolute Gasteiger partial charge is 0.396 e. The predicted molar refractivity (Wildman–Crippen MR) is 79.7 cm³/mol. The molecule has 114 valence electrons. The monoisotopic (exact) mass is 264 g/mol. The van der Waals surface area contributed by atoms with Crippen molar-refractivity contribution in [1.29, 1.82) is 0 Å². The van der Waals surface area contributed by atoms with Gasteiger partial charge in [-0.25, -0.2) is 0 Å².